The Morgan fingerprint density at radius 3 is 2.02 bits per heavy atom. The lowest BCUT2D eigenvalue weighted by atomic mass is 10.0. The normalized spacial score (nSPS) is 13.0. The van der Waals surface area contributed by atoms with E-state index < -0.39 is 28.5 Å². The quantitative estimate of drug-likeness (QED) is 0.309. The summed E-state index contributed by atoms with van der Waals surface area (Å²) in [5.41, 5.74) is 3.31. The lowest BCUT2D eigenvalue weighted by molar-refractivity contribution is -0.139. The molecule has 0 saturated carbocycles. The molecule has 0 aliphatic heterocycles. The van der Waals surface area contributed by atoms with Gasteiger partial charge in [0.15, 0.2) is 0 Å². The van der Waals surface area contributed by atoms with E-state index in [-0.39, 0.29) is 29.3 Å². The number of carbonyl (C=O) groups excluding carboxylic acids is 2. The number of sulfonamides is 1. The van der Waals surface area contributed by atoms with Gasteiger partial charge in [0.1, 0.15) is 12.6 Å². The molecule has 0 fully saturated rings. The lowest BCUT2D eigenvalue weighted by Gasteiger charge is -2.33. The van der Waals surface area contributed by atoms with Gasteiger partial charge in [0.05, 0.1) is 10.6 Å². The number of hydrogen-bond acceptors (Lipinski definition) is 4. The third kappa shape index (κ3) is 7.50. The zero-order valence-corrected chi connectivity index (χ0v) is 25.1. The molecule has 7 nitrogen and oxygen atoms in total. The van der Waals surface area contributed by atoms with Gasteiger partial charge < -0.3 is 10.2 Å². The summed E-state index contributed by atoms with van der Waals surface area (Å²) >= 11 is 0. The summed E-state index contributed by atoms with van der Waals surface area (Å²) in [6, 6.07) is 22.1. The number of nitrogens with one attached hydrogen (secondary N) is 1. The van der Waals surface area contributed by atoms with Crippen LogP contribution in [0.4, 0.5) is 5.69 Å². The van der Waals surface area contributed by atoms with Crippen LogP contribution in [0.15, 0.2) is 83.8 Å². The van der Waals surface area contributed by atoms with Gasteiger partial charge in [-0.2, -0.15) is 0 Å². The molecule has 2 amide bonds. The summed E-state index contributed by atoms with van der Waals surface area (Å²) in [7, 11) is -4.08. The van der Waals surface area contributed by atoms with Crippen LogP contribution < -0.4 is 9.62 Å². The van der Waals surface area contributed by atoms with E-state index >= 15 is 0 Å². The van der Waals surface area contributed by atoms with Gasteiger partial charge in [-0.15, -0.1) is 0 Å². The van der Waals surface area contributed by atoms with E-state index in [1.54, 1.807) is 37.3 Å². The number of carbonyl (C=O) groups is 2. The fourth-order valence-corrected chi connectivity index (χ4v) is 5.73. The minimum atomic E-state index is -4.08. The van der Waals surface area contributed by atoms with Gasteiger partial charge in [-0.05, 0) is 74.1 Å². The van der Waals surface area contributed by atoms with Gasteiger partial charge in [0.2, 0.25) is 11.8 Å². The maximum Gasteiger partial charge on any atom is 0.264 e. The smallest absolute Gasteiger partial charge is 0.264 e. The largest absolute Gasteiger partial charge is 0.352 e. The van der Waals surface area contributed by atoms with E-state index in [1.165, 1.54) is 17.0 Å². The molecule has 0 aromatic heterocycles. The standard InChI is InChI=1S/C32H41N3O4S/c1-7-25(5)33-32(37)26(6)34(21-28-14-12-11-13-24(28)4)31(36)22-35(29-19-17-27(18-20-29)23(2)3)40(38,39)30-15-9-8-10-16-30/h8-20,23,25-26H,7,21-22H2,1-6H3,(H,33,37)/t25-,26+/m1/s1. The molecule has 0 spiro atoms. The average molecular weight is 564 g/mol. The first-order valence-electron chi connectivity index (χ1n) is 13.8. The molecular weight excluding hydrogens is 522 g/mol. The van der Waals surface area contributed by atoms with Crippen LogP contribution in [-0.2, 0) is 26.2 Å². The Hall–Kier alpha value is -3.65. The van der Waals surface area contributed by atoms with Crippen molar-refractivity contribution in [1.29, 1.82) is 0 Å². The molecule has 1 N–H and O–H groups in total. The number of aryl methyl sites for hydroxylation is 1. The second-order valence-corrected chi connectivity index (χ2v) is 12.4. The number of benzene rings is 3. The fraction of sp³-hybridized carbons (Fsp3) is 0.375. The van der Waals surface area contributed by atoms with Crippen molar-refractivity contribution < 1.29 is 18.0 Å². The topological polar surface area (TPSA) is 86.8 Å². The molecule has 0 saturated heterocycles. The van der Waals surface area contributed by atoms with Crippen LogP contribution >= 0.6 is 0 Å². The first-order valence-corrected chi connectivity index (χ1v) is 15.2. The Bertz CT molecular complexity index is 1390. The molecule has 0 radical (unpaired) electrons. The fourth-order valence-electron chi connectivity index (χ4n) is 4.29. The molecule has 0 heterocycles. The summed E-state index contributed by atoms with van der Waals surface area (Å²) in [5.74, 6) is -0.484. The van der Waals surface area contributed by atoms with Crippen molar-refractivity contribution in [3.8, 4) is 0 Å². The van der Waals surface area contributed by atoms with Crippen molar-refractivity contribution in [1.82, 2.24) is 10.2 Å². The van der Waals surface area contributed by atoms with Crippen LogP contribution in [0, 0.1) is 6.92 Å². The van der Waals surface area contributed by atoms with E-state index in [2.05, 4.69) is 19.2 Å². The predicted molar refractivity (Wildman–Crippen MR) is 161 cm³/mol. The minimum Gasteiger partial charge on any atom is -0.352 e. The van der Waals surface area contributed by atoms with Crippen LogP contribution in [-0.4, -0.2) is 43.8 Å². The Labute approximate surface area is 239 Å². The third-order valence-electron chi connectivity index (χ3n) is 7.23. The molecule has 0 aliphatic rings. The van der Waals surface area contributed by atoms with Gasteiger partial charge in [-0.25, -0.2) is 8.42 Å². The first-order chi connectivity index (χ1) is 18.9. The molecule has 40 heavy (non-hydrogen) atoms. The van der Waals surface area contributed by atoms with Gasteiger partial charge in [-0.3, -0.25) is 13.9 Å². The van der Waals surface area contributed by atoms with Crippen molar-refractivity contribution in [3.63, 3.8) is 0 Å². The van der Waals surface area contributed by atoms with Gasteiger partial charge >= 0.3 is 0 Å². The average Bonchev–Trinajstić information content (AvgIpc) is 2.95. The summed E-state index contributed by atoms with van der Waals surface area (Å²) in [6.45, 7) is 11.4. The minimum absolute atomic E-state index is 0.0557. The van der Waals surface area contributed by atoms with E-state index in [4.69, 9.17) is 0 Å². The van der Waals surface area contributed by atoms with Crippen molar-refractivity contribution in [2.45, 2.75) is 77.4 Å². The summed E-state index contributed by atoms with van der Waals surface area (Å²) < 4.78 is 28.9. The number of anilines is 1. The number of rotatable bonds is 12. The Morgan fingerprint density at radius 2 is 1.45 bits per heavy atom. The third-order valence-corrected chi connectivity index (χ3v) is 9.02. The zero-order chi connectivity index (χ0) is 29.4. The monoisotopic (exact) mass is 563 g/mol. The molecule has 8 heteroatoms. The second-order valence-electron chi connectivity index (χ2n) is 10.5. The molecule has 2 atom stereocenters. The maximum absolute atomic E-state index is 14.0. The van der Waals surface area contributed by atoms with Crippen molar-refractivity contribution >= 4 is 27.5 Å². The SMILES string of the molecule is CC[C@@H](C)NC(=O)[C@H](C)N(Cc1ccccc1C)C(=O)CN(c1ccc(C(C)C)cc1)S(=O)(=O)c1ccccc1. The van der Waals surface area contributed by atoms with Crippen LogP contribution in [0.2, 0.25) is 0 Å². The predicted octanol–water partition coefficient (Wildman–Crippen LogP) is 5.65. The van der Waals surface area contributed by atoms with Gasteiger partial charge in [-0.1, -0.05) is 75.4 Å². The summed E-state index contributed by atoms with van der Waals surface area (Å²) in [6.07, 6.45) is 0.750. The Balaban J connectivity index is 2.04. The summed E-state index contributed by atoms with van der Waals surface area (Å²) in [5, 5.41) is 2.96. The zero-order valence-electron chi connectivity index (χ0n) is 24.3. The van der Waals surface area contributed by atoms with Gasteiger partial charge in [0.25, 0.3) is 10.0 Å². The van der Waals surface area contributed by atoms with E-state index in [1.807, 2.05) is 57.2 Å². The van der Waals surface area contributed by atoms with E-state index in [9.17, 15) is 18.0 Å². The van der Waals surface area contributed by atoms with Crippen molar-refractivity contribution in [3.05, 3.63) is 95.6 Å². The van der Waals surface area contributed by atoms with Crippen LogP contribution in [0.1, 0.15) is 63.6 Å². The van der Waals surface area contributed by atoms with E-state index in [0.29, 0.717) is 5.69 Å². The first kappa shape index (κ1) is 30.9. The van der Waals surface area contributed by atoms with Gasteiger partial charge in [0, 0.05) is 12.6 Å². The highest BCUT2D eigenvalue weighted by Crippen LogP contribution is 2.26. The Morgan fingerprint density at radius 1 is 0.850 bits per heavy atom. The van der Waals surface area contributed by atoms with Crippen LogP contribution in [0.3, 0.4) is 0 Å². The van der Waals surface area contributed by atoms with Crippen molar-refractivity contribution in [2.75, 3.05) is 10.8 Å². The highest BCUT2D eigenvalue weighted by Gasteiger charge is 2.33. The van der Waals surface area contributed by atoms with Crippen molar-refractivity contribution in [2.24, 2.45) is 0 Å². The van der Waals surface area contributed by atoms with Crippen LogP contribution in [0.25, 0.3) is 0 Å². The summed E-state index contributed by atoms with van der Waals surface area (Å²) in [4.78, 5) is 28.8. The molecule has 214 valence electrons. The number of hydrogen-bond donors (Lipinski definition) is 1. The number of nitrogens with zero attached hydrogens (tertiary/aromatic N) is 2. The van der Waals surface area contributed by atoms with E-state index in [0.717, 1.165) is 27.4 Å². The number of amides is 2. The molecule has 0 bridgehead atoms. The Kier molecular flexibility index (Phi) is 10.5. The lowest BCUT2D eigenvalue weighted by Crippen LogP contribution is -2.52. The molecule has 3 rings (SSSR count). The highest BCUT2D eigenvalue weighted by atomic mass is 32.2. The highest BCUT2D eigenvalue weighted by molar-refractivity contribution is 7.92. The second kappa shape index (κ2) is 13.6. The molecule has 3 aromatic rings. The molecule has 3 aromatic carbocycles. The maximum atomic E-state index is 14.0. The molecule has 0 unspecified atom stereocenters. The molecular formula is C32H41N3O4S. The van der Waals surface area contributed by atoms with Crippen LogP contribution in [0.5, 0.6) is 0 Å². The molecule has 0 aliphatic carbocycles.